The van der Waals surface area contributed by atoms with Crippen LogP contribution in [0.5, 0.6) is 5.75 Å². The third kappa shape index (κ3) is 5.70. The van der Waals surface area contributed by atoms with Gasteiger partial charge in [0, 0.05) is 18.7 Å². The molecule has 4 nitrogen and oxygen atoms in total. The molecule has 0 spiro atoms. The van der Waals surface area contributed by atoms with Gasteiger partial charge in [-0.25, -0.2) is 4.39 Å². The number of rotatable bonds is 7. The van der Waals surface area contributed by atoms with Crippen LogP contribution in [0.2, 0.25) is 0 Å². The summed E-state index contributed by atoms with van der Waals surface area (Å²) in [5.74, 6) is 0.431. The second kappa shape index (κ2) is 7.74. The maximum atomic E-state index is 13.1. The number of amides is 1. The first kappa shape index (κ1) is 15.4. The van der Waals surface area contributed by atoms with E-state index < -0.39 is 0 Å². The molecule has 0 heterocycles. The number of nitrogens with one attached hydrogen (secondary N) is 2. The summed E-state index contributed by atoms with van der Waals surface area (Å²) in [7, 11) is 1.77. The lowest BCUT2D eigenvalue weighted by Crippen LogP contribution is -2.31. The molecule has 2 N–H and O–H groups in total. The highest BCUT2D eigenvalue weighted by Crippen LogP contribution is 2.19. The summed E-state index contributed by atoms with van der Waals surface area (Å²) in [6.07, 6.45) is 0. The molecular formula is C14H21FN2O2. The van der Waals surface area contributed by atoms with Gasteiger partial charge in [0.25, 0.3) is 5.91 Å². The van der Waals surface area contributed by atoms with Crippen LogP contribution in [-0.4, -0.2) is 26.1 Å². The summed E-state index contributed by atoms with van der Waals surface area (Å²) in [5.41, 5.74) is 0.694. The maximum Gasteiger partial charge on any atom is 0.257 e. The van der Waals surface area contributed by atoms with E-state index in [4.69, 9.17) is 4.74 Å². The van der Waals surface area contributed by atoms with E-state index >= 15 is 0 Å². The zero-order valence-electron chi connectivity index (χ0n) is 11.6. The van der Waals surface area contributed by atoms with Crippen LogP contribution in [-0.2, 0) is 11.3 Å². The molecule has 0 aliphatic rings. The van der Waals surface area contributed by atoms with Gasteiger partial charge in [0.1, 0.15) is 11.6 Å². The van der Waals surface area contributed by atoms with Crippen molar-refractivity contribution in [2.45, 2.75) is 20.4 Å². The average molecular weight is 268 g/mol. The van der Waals surface area contributed by atoms with Gasteiger partial charge in [-0.1, -0.05) is 13.8 Å². The van der Waals surface area contributed by atoms with Crippen molar-refractivity contribution >= 4 is 5.91 Å². The number of hydrogen-bond acceptors (Lipinski definition) is 3. The molecule has 0 saturated heterocycles. The average Bonchev–Trinajstić information content (AvgIpc) is 2.35. The lowest BCUT2D eigenvalue weighted by Gasteiger charge is -2.12. The number of ether oxygens (including phenoxy) is 1. The first-order valence-electron chi connectivity index (χ1n) is 6.35. The minimum absolute atomic E-state index is 0.0604. The third-order valence-corrected chi connectivity index (χ3v) is 2.46. The third-order valence-electron chi connectivity index (χ3n) is 2.46. The van der Waals surface area contributed by atoms with Gasteiger partial charge >= 0.3 is 0 Å². The van der Waals surface area contributed by atoms with E-state index in [1.54, 1.807) is 7.05 Å². The van der Waals surface area contributed by atoms with Crippen molar-refractivity contribution in [2.24, 2.45) is 5.92 Å². The molecule has 1 aromatic carbocycles. The molecule has 106 valence electrons. The van der Waals surface area contributed by atoms with Crippen LogP contribution < -0.4 is 15.4 Å². The van der Waals surface area contributed by atoms with Gasteiger partial charge in [-0.05, 0) is 31.2 Å². The maximum absolute atomic E-state index is 13.1. The van der Waals surface area contributed by atoms with Gasteiger partial charge in [0.05, 0.1) is 0 Å². The first-order chi connectivity index (χ1) is 9.02. The van der Waals surface area contributed by atoms with Crippen molar-refractivity contribution in [3.8, 4) is 5.75 Å². The molecular weight excluding hydrogens is 247 g/mol. The summed E-state index contributed by atoms with van der Waals surface area (Å²) in [6, 6.07) is 4.26. The molecule has 0 fully saturated rings. The molecule has 1 rings (SSSR count). The molecule has 0 saturated carbocycles. The SMILES string of the molecule is CNCc1cc(F)ccc1OCC(=O)NCC(C)C. The topological polar surface area (TPSA) is 50.4 Å². The second-order valence-corrected chi connectivity index (χ2v) is 4.77. The van der Waals surface area contributed by atoms with Crippen molar-refractivity contribution in [3.05, 3.63) is 29.6 Å². The Morgan fingerprint density at radius 1 is 1.42 bits per heavy atom. The Morgan fingerprint density at radius 2 is 2.16 bits per heavy atom. The van der Waals surface area contributed by atoms with E-state index in [-0.39, 0.29) is 18.3 Å². The highest BCUT2D eigenvalue weighted by Gasteiger charge is 2.08. The Bertz CT molecular complexity index is 422. The van der Waals surface area contributed by atoms with Crippen LogP contribution in [0.3, 0.4) is 0 Å². The predicted molar refractivity (Wildman–Crippen MR) is 72.5 cm³/mol. The molecule has 0 bridgehead atoms. The highest BCUT2D eigenvalue weighted by molar-refractivity contribution is 5.77. The lowest BCUT2D eigenvalue weighted by atomic mass is 10.2. The van der Waals surface area contributed by atoms with Crippen LogP contribution >= 0.6 is 0 Å². The van der Waals surface area contributed by atoms with Gasteiger partial charge in [0.15, 0.2) is 6.61 Å². The molecule has 0 unspecified atom stereocenters. The van der Waals surface area contributed by atoms with Crippen LogP contribution in [0, 0.1) is 11.7 Å². The van der Waals surface area contributed by atoms with Crippen molar-refractivity contribution in [1.82, 2.24) is 10.6 Å². The van der Waals surface area contributed by atoms with E-state index in [9.17, 15) is 9.18 Å². The highest BCUT2D eigenvalue weighted by atomic mass is 19.1. The van der Waals surface area contributed by atoms with Gasteiger partial charge < -0.3 is 15.4 Å². The largest absolute Gasteiger partial charge is 0.483 e. The summed E-state index contributed by atoms with van der Waals surface area (Å²) in [6.45, 7) is 5.09. The standard InChI is InChI=1S/C14H21FN2O2/c1-10(2)7-17-14(18)9-19-13-5-4-12(15)6-11(13)8-16-3/h4-6,10,16H,7-9H2,1-3H3,(H,17,18). The fraction of sp³-hybridized carbons (Fsp3) is 0.500. The van der Waals surface area contributed by atoms with Crippen LogP contribution in [0.4, 0.5) is 4.39 Å². The van der Waals surface area contributed by atoms with E-state index in [0.717, 1.165) is 0 Å². The molecule has 19 heavy (non-hydrogen) atoms. The Kier molecular flexibility index (Phi) is 6.29. The quantitative estimate of drug-likeness (QED) is 0.791. The Balaban J connectivity index is 2.54. The predicted octanol–water partition coefficient (Wildman–Crippen LogP) is 1.70. The molecule has 0 atom stereocenters. The zero-order chi connectivity index (χ0) is 14.3. The molecule has 0 radical (unpaired) electrons. The summed E-state index contributed by atoms with van der Waals surface area (Å²) < 4.78 is 18.5. The second-order valence-electron chi connectivity index (χ2n) is 4.77. The Labute approximate surface area is 113 Å². The monoisotopic (exact) mass is 268 g/mol. The molecule has 0 aliphatic carbocycles. The lowest BCUT2D eigenvalue weighted by molar-refractivity contribution is -0.123. The minimum atomic E-state index is -0.318. The van der Waals surface area contributed by atoms with Crippen molar-refractivity contribution in [2.75, 3.05) is 20.2 Å². The number of hydrogen-bond donors (Lipinski definition) is 2. The number of carbonyl (C=O) groups is 1. The van der Waals surface area contributed by atoms with Crippen molar-refractivity contribution in [3.63, 3.8) is 0 Å². The van der Waals surface area contributed by atoms with E-state index in [1.165, 1.54) is 18.2 Å². The van der Waals surface area contributed by atoms with Gasteiger partial charge in [0.2, 0.25) is 0 Å². The smallest absolute Gasteiger partial charge is 0.257 e. The number of carbonyl (C=O) groups excluding carboxylic acids is 1. The minimum Gasteiger partial charge on any atom is -0.483 e. The van der Waals surface area contributed by atoms with Gasteiger partial charge in [-0.3, -0.25) is 4.79 Å². The molecule has 5 heteroatoms. The van der Waals surface area contributed by atoms with Crippen molar-refractivity contribution in [1.29, 1.82) is 0 Å². The molecule has 0 aliphatic heterocycles. The Hall–Kier alpha value is -1.62. The van der Waals surface area contributed by atoms with E-state index in [1.807, 2.05) is 13.8 Å². The van der Waals surface area contributed by atoms with Crippen molar-refractivity contribution < 1.29 is 13.9 Å². The zero-order valence-corrected chi connectivity index (χ0v) is 11.6. The van der Waals surface area contributed by atoms with Crippen LogP contribution in [0.25, 0.3) is 0 Å². The molecule has 1 amide bonds. The Morgan fingerprint density at radius 3 is 2.79 bits per heavy atom. The fourth-order valence-electron chi connectivity index (χ4n) is 1.53. The van der Waals surface area contributed by atoms with Gasteiger partial charge in [-0.15, -0.1) is 0 Å². The summed E-state index contributed by atoms with van der Waals surface area (Å²) >= 11 is 0. The van der Waals surface area contributed by atoms with E-state index in [2.05, 4.69) is 10.6 Å². The van der Waals surface area contributed by atoms with Gasteiger partial charge in [-0.2, -0.15) is 0 Å². The molecule has 1 aromatic rings. The first-order valence-corrected chi connectivity index (χ1v) is 6.35. The number of halogens is 1. The summed E-state index contributed by atoms with van der Waals surface area (Å²) in [5, 5.41) is 5.69. The number of benzene rings is 1. The fourth-order valence-corrected chi connectivity index (χ4v) is 1.53. The van der Waals surface area contributed by atoms with Crippen LogP contribution in [0.1, 0.15) is 19.4 Å². The van der Waals surface area contributed by atoms with E-state index in [0.29, 0.717) is 30.3 Å². The van der Waals surface area contributed by atoms with Crippen LogP contribution in [0.15, 0.2) is 18.2 Å². The summed E-state index contributed by atoms with van der Waals surface area (Å²) in [4.78, 5) is 11.5. The normalized spacial score (nSPS) is 10.6. The molecule has 0 aromatic heterocycles.